The van der Waals surface area contributed by atoms with Crippen LogP contribution in [-0.4, -0.2) is 31.0 Å². The lowest BCUT2D eigenvalue weighted by atomic mass is 9.83. The fourth-order valence-electron chi connectivity index (χ4n) is 2.43. The zero-order valence-corrected chi connectivity index (χ0v) is 13.0. The quantitative estimate of drug-likeness (QED) is 0.468. The summed E-state index contributed by atoms with van der Waals surface area (Å²) in [6.07, 6.45) is 3.81. The minimum Gasteiger partial charge on any atom is -0.379 e. The first-order chi connectivity index (χ1) is 8.41. The molecule has 0 radical (unpaired) electrons. The number of ether oxygens (including phenoxy) is 2. The van der Waals surface area contributed by atoms with Gasteiger partial charge in [0.15, 0.2) is 0 Å². The van der Waals surface area contributed by atoms with E-state index in [-0.39, 0.29) is 17.2 Å². The van der Waals surface area contributed by atoms with Crippen LogP contribution in [0.3, 0.4) is 0 Å². The third-order valence-corrected chi connectivity index (χ3v) is 4.05. The van der Waals surface area contributed by atoms with E-state index in [2.05, 4.69) is 33.1 Å². The number of hydrazine groups is 1. The summed E-state index contributed by atoms with van der Waals surface area (Å²) in [5.74, 6) is 5.74. The van der Waals surface area contributed by atoms with Gasteiger partial charge >= 0.3 is 0 Å². The van der Waals surface area contributed by atoms with Crippen molar-refractivity contribution in [2.75, 3.05) is 13.7 Å². The minimum absolute atomic E-state index is 0.117. The summed E-state index contributed by atoms with van der Waals surface area (Å²) < 4.78 is 11.5. The summed E-state index contributed by atoms with van der Waals surface area (Å²) in [5, 5.41) is 0. The Kier molecular flexibility index (Phi) is 8.03. The van der Waals surface area contributed by atoms with Gasteiger partial charge in [-0.2, -0.15) is 0 Å². The summed E-state index contributed by atoms with van der Waals surface area (Å²) in [6, 6.07) is 0.155. The molecule has 0 aromatic rings. The van der Waals surface area contributed by atoms with Crippen molar-refractivity contribution in [3.05, 3.63) is 0 Å². The number of hydrogen-bond acceptors (Lipinski definition) is 4. The van der Waals surface area contributed by atoms with Crippen molar-refractivity contribution < 1.29 is 9.47 Å². The first-order valence-corrected chi connectivity index (χ1v) is 7.06. The van der Waals surface area contributed by atoms with Crippen molar-refractivity contribution in [2.45, 2.75) is 77.5 Å². The van der Waals surface area contributed by atoms with Gasteiger partial charge in [-0.05, 0) is 46.5 Å². The van der Waals surface area contributed by atoms with Crippen LogP contribution in [-0.2, 0) is 9.47 Å². The fourth-order valence-corrected chi connectivity index (χ4v) is 2.43. The van der Waals surface area contributed by atoms with Gasteiger partial charge in [0, 0.05) is 13.7 Å². The molecule has 0 fully saturated rings. The third-order valence-electron chi connectivity index (χ3n) is 4.05. The molecule has 0 saturated heterocycles. The van der Waals surface area contributed by atoms with Gasteiger partial charge in [-0.3, -0.25) is 11.3 Å². The van der Waals surface area contributed by atoms with Crippen LogP contribution < -0.4 is 11.3 Å². The van der Waals surface area contributed by atoms with Crippen LogP contribution in [0.2, 0.25) is 0 Å². The van der Waals surface area contributed by atoms with Crippen molar-refractivity contribution in [1.29, 1.82) is 0 Å². The highest BCUT2D eigenvalue weighted by atomic mass is 16.5. The minimum atomic E-state index is -0.173. The molecule has 0 rings (SSSR count). The van der Waals surface area contributed by atoms with Crippen molar-refractivity contribution in [3.63, 3.8) is 0 Å². The summed E-state index contributed by atoms with van der Waals surface area (Å²) in [6.45, 7) is 11.3. The summed E-state index contributed by atoms with van der Waals surface area (Å²) in [5.41, 5.74) is 2.66. The highest BCUT2D eigenvalue weighted by Gasteiger charge is 2.36. The molecular weight excluding hydrogens is 228 g/mol. The lowest BCUT2D eigenvalue weighted by Crippen LogP contribution is -2.55. The first-order valence-electron chi connectivity index (χ1n) is 7.06. The molecule has 18 heavy (non-hydrogen) atoms. The Bertz CT molecular complexity index is 216. The van der Waals surface area contributed by atoms with Crippen LogP contribution >= 0.6 is 0 Å². The zero-order chi connectivity index (χ0) is 14.2. The third kappa shape index (κ3) is 4.84. The highest BCUT2D eigenvalue weighted by molar-refractivity contribution is 4.91. The first kappa shape index (κ1) is 17.8. The molecule has 3 N–H and O–H groups in total. The van der Waals surface area contributed by atoms with Gasteiger partial charge in [-0.1, -0.05) is 13.8 Å². The van der Waals surface area contributed by atoms with Crippen LogP contribution in [0.1, 0.15) is 60.3 Å². The Hall–Kier alpha value is -0.160. The maximum Gasteiger partial charge on any atom is 0.0842 e. The summed E-state index contributed by atoms with van der Waals surface area (Å²) in [4.78, 5) is 0. The molecule has 4 heteroatoms. The number of nitrogens with one attached hydrogen (secondary N) is 1. The fraction of sp³-hybridized carbons (Fsp3) is 1.00. The molecule has 0 aliphatic carbocycles. The normalized spacial score (nSPS) is 14.8. The average molecular weight is 260 g/mol. The van der Waals surface area contributed by atoms with E-state index in [0.29, 0.717) is 6.61 Å². The molecule has 0 bridgehead atoms. The lowest BCUT2D eigenvalue weighted by molar-refractivity contribution is -0.0796. The number of hydrogen-bond donors (Lipinski definition) is 2. The molecule has 1 unspecified atom stereocenters. The largest absolute Gasteiger partial charge is 0.379 e. The second-order valence-corrected chi connectivity index (χ2v) is 5.43. The van der Waals surface area contributed by atoms with Gasteiger partial charge < -0.3 is 9.47 Å². The Morgan fingerprint density at radius 1 is 1.17 bits per heavy atom. The average Bonchev–Trinajstić information content (AvgIpc) is 2.37. The molecule has 0 heterocycles. The molecule has 0 aromatic heterocycles. The van der Waals surface area contributed by atoms with E-state index in [1.54, 1.807) is 7.11 Å². The predicted molar refractivity (Wildman–Crippen MR) is 76.4 cm³/mol. The summed E-state index contributed by atoms with van der Waals surface area (Å²) in [7, 11) is 1.75. The topological polar surface area (TPSA) is 56.5 Å². The predicted octanol–water partition coefficient (Wildman–Crippen LogP) is 2.62. The Balaban J connectivity index is 4.70. The van der Waals surface area contributed by atoms with Gasteiger partial charge in [-0.15, -0.1) is 0 Å². The second-order valence-electron chi connectivity index (χ2n) is 5.43. The molecule has 110 valence electrons. The number of rotatable bonds is 10. The molecule has 1 atom stereocenters. The van der Waals surface area contributed by atoms with Crippen LogP contribution in [0, 0.1) is 0 Å². The zero-order valence-electron chi connectivity index (χ0n) is 13.0. The smallest absolute Gasteiger partial charge is 0.0842 e. The van der Waals surface area contributed by atoms with Crippen molar-refractivity contribution in [1.82, 2.24) is 5.43 Å². The SMILES string of the molecule is CCOC(CC)(CC)C(CCC(C)(C)OC)NN. The highest BCUT2D eigenvalue weighted by Crippen LogP contribution is 2.29. The van der Waals surface area contributed by atoms with Gasteiger partial charge in [-0.25, -0.2) is 0 Å². The van der Waals surface area contributed by atoms with E-state index in [1.165, 1.54) is 0 Å². The monoisotopic (exact) mass is 260 g/mol. The van der Waals surface area contributed by atoms with Gasteiger partial charge in [0.2, 0.25) is 0 Å². The molecule has 0 aliphatic rings. The molecule has 0 saturated carbocycles. The van der Waals surface area contributed by atoms with Gasteiger partial charge in [0.25, 0.3) is 0 Å². The maximum absolute atomic E-state index is 6.00. The maximum atomic E-state index is 6.00. The molecular formula is C14H32N2O2. The Morgan fingerprint density at radius 2 is 1.72 bits per heavy atom. The van der Waals surface area contributed by atoms with Crippen LogP contribution in [0.25, 0.3) is 0 Å². The van der Waals surface area contributed by atoms with E-state index in [1.807, 2.05) is 6.92 Å². The van der Waals surface area contributed by atoms with E-state index in [4.69, 9.17) is 15.3 Å². The lowest BCUT2D eigenvalue weighted by Gasteiger charge is -2.40. The van der Waals surface area contributed by atoms with Crippen LogP contribution in [0.15, 0.2) is 0 Å². The number of nitrogens with two attached hydrogens (primary N) is 1. The van der Waals surface area contributed by atoms with E-state index in [0.717, 1.165) is 25.7 Å². The van der Waals surface area contributed by atoms with E-state index < -0.39 is 0 Å². The molecule has 0 aromatic carbocycles. The van der Waals surface area contributed by atoms with Crippen molar-refractivity contribution in [2.24, 2.45) is 5.84 Å². The van der Waals surface area contributed by atoms with Crippen LogP contribution in [0.5, 0.6) is 0 Å². The summed E-state index contributed by atoms with van der Waals surface area (Å²) >= 11 is 0. The Labute approximate surface area is 113 Å². The van der Waals surface area contributed by atoms with Crippen LogP contribution in [0.4, 0.5) is 0 Å². The van der Waals surface area contributed by atoms with Crippen molar-refractivity contribution >= 4 is 0 Å². The molecule has 0 spiro atoms. The molecule has 0 amide bonds. The van der Waals surface area contributed by atoms with Gasteiger partial charge in [0.1, 0.15) is 0 Å². The standard InChI is InChI=1S/C14H32N2O2/c1-7-14(8-2,18-9-3)12(16-15)10-11-13(4,5)17-6/h12,16H,7-11,15H2,1-6H3. The van der Waals surface area contributed by atoms with E-state index >= 15 is 0 Å². The molecule has 4 nitrogen and oxygen atoms in total. The van der Waals surface area contributed by atoms with Crippen molar-refractivity contribution in [3.8, 4) is 0 Å². The number of methoxy groups -OCH3 is 1. The van der Waals surface area contributed by atoms with E-state index in [9.17, 15) is 0 Å². The Morgan fingerprint density at radius 3 is 2.06 bits per heavy atom. The molecule has 0 aliphatic heterocycles. The van der Waals surface area contributed by atoms with Gasteiger partial charge in [0.05, 0.1) is 17.2 Å². The second kappa shape index (κ2) is 8.10.